The van der Waals surface area contributed by atoms with Crippen molar-refractivity contribution in [1.82, 2.24) is 0 Å². The molecular weight excluding hydrogens is 270 g/mol. The molecule has 7 heteroatoms. The molecule has 0 aliphatic carbocycles. The summed E-state index contributed by atoms with van der Waals surface area (Å²) in [4.78, 5) is 12.7. The number of para-hydroxylation sites is 1. The number of anilines is 4. The van der Waals surface area contributed by atoms with E-state index >= 15 is 0 Å². The molecule has 0 aliphatic heterocycles. The first-order valence-electron chi connectivity index (χ1n) is 6.31. The summed E-state index contributed by atoms with van der Waals surface area (Å²) < 4.78 is 0. The number of benzene rings is 2. The van der Waals surface area contributed by atoms with Crippen molar-refractivity contribution in [3.05, 3.63) is 52.6 Å². The van der Waals surface area contributed by atoms with Crippen LogP contribution in [0.1, 0.15) is 0 Å². The second-order valence-corrected chi connectivity index (χ2v) is 4.67. The number of nitrogens with zero attached hydrogens (tertiary/aromatic N) is 2. The van der Waals surface area contributed by atoms with E-state index in [-0.39, 0.29) is 11.4 Å². The van der Waals surface area contributed by atoms with Crippen molar-refractivity contribution in [1.29, 1.82) is 0 Å². The molecule has 0 saturated heterocycles. The first kappa shape index (κ1) is 14.6. The van der Waals surface area contributed by atoms with Crippen LogP contribution < -0.4 is 21.5 Å². The normalized spacial score (nSPS) is 10.0. The molecule has 4 N–H and O–H groups in total. The van der Waals surface area contributed by atoms with E-state index in [0.29, 0.717) is 5.69 Å². The van der Waals surface area contributed by atoms with Crippen molar-refractivity contribution in [3.8, 4) is 0 Å². The summed E-state index contributed by atoms with van der Waals surface area (Å²) in [7, 11) is 3.90. The Labute approximate surface area is 122 Å². The second-order valence-electron chi connectivity index (χ2n) is 4.67. The molecule has 0 unspecified atom stereocenters. The monoisotopic (exact) mass is 287 g/mol. The molecule has 0 radical (unpaired) electrons. The summed E-state index contributed by atoms with van der Waals surface area (Å²) in [5, 5.41) is 14.2. The van der Waals surface area contributed by atoms with E-state index in [4.69, 9.17) is 5.84 Å². The summed E-state index contributed by atoms with van der Waals surface area (Å²) in [6.45, 7) is 0. The Kier molecular flexibility index (Phi) is 4.24. The third-order valence-corrected chi connectivity index (χ3v) is 3.04. The molecule has 2 aromatic rings. The van der Waals surface area contributed by atoms with E-state index in [2.05, 4.69) is 10.7 Å². The molecule has 2 aromatic carbocycles. The Morgan fingerprint density at radius 1 is 1.10 bits per heavy atom. The number of hydrazine groups is 1. The highest BCUT2D eigenvalue weighted by molar-refractivity contribution is 5.79. The fraction of sp³-hybridized carbons (Fsp3) is 0.143. The van der Waals surface area contributed by atoms with Gasteiger partial charge >= 0.3 is 5.69 Å². The third kappa shape index (κ3) is 3.21. The van der Waals surface area contributed by atoms with Gasteiger partial charge in [0.25, 0.3) is 0 Å². The van der Waals surface area contributed by atoms with Gasteiger partial charge in [0.05, 0.1) is 4.92 Å². The predicted octanol–water partition coefficient (Wildman–Crippen LogP) is 2.69. The number of nitrogen functional groups attached to an aromatic ring is 1. The van der Waals surface area contributed by atoms with Gasteiger partial charge in [0.15, 0.2) is 0 Å². The number of nitrogens with one attached hydrogen (secondary N) is 2. The zero-order chi connectivity index (χ0) is 15.4. The highest BCUT2D eigenvalue weighted by Gasteiger charge is 2.19. The van der Waals surface area contributed by atoms with E-state index in [1.807, 2.05) is 43.3 Å². The largest absolute Gasteiger partial charge is 0.378 e. The van der Waals surface area contributed by atoms with Crippen LogP contribution in [0.15, 0.2) is 42.5 Å². The lowest BCUT2D eigenvalue weighted by Gasteiger charge is -2.14. The summed E-state index contributed by atoms with van der Waals surface area (Å²) in [6, 6.07) is 12.5. The van der Waals surface area contributed by atoms with Crippen molar-refractivity contribution >= 4 is 28.4 Å². The Balaban J connectivity index is 2.33. The number of rotatable bonds is 5. The van der Waals surface area contributed by atoms with Crippen molar-refractivity contribution in [2.75, 3.05) is 29.7 Å². The number of nitro benzene ring substituents is 1. The molecule has 2 rings (SSSR count). The van der Waals surface area contributed by atoms with Crippen LogP contribution in [-0.4, -0.2) is 19.0 Å². The maximum Gasteiger partial charge on any atom is 0.316 e. The smallest absolute Gasteiger partial charge is 0.316 e. The fourth-order valence-corrected chi connectivity index (χ4v) is 1.96. The lowest BCUT2D eigenvalue weighted by molar-refractivity contribution is -0.383. The van der Waals surface area contributed by atoms with Crippen LogP contribution in [0, 0.1) is 10.1 Å². The summed E-state index contributed by atoms with van der Waals surface area (Å²) in [5.41, 5.74) is 4.70. The topological polar surface area (TPSA) is 96.5 Å². The van der Waals surface area contributed by atoms with Crippen LogP contribution in [0.5, 0.6) is 0 Å². The van der Waals surface area contributed by atoms with E-state index in [0.717, 1.165) is 11.4 Å². The second kappa shape index (κ2) is 6.10. The quantitative estimate of drug-likeness (QED) is 0.444. The molecule has 0 aliphatic rings. The standard InChI is InChI=1S/C14H17N5O2/c1-18(2)11-8-6-10(7-9-11)16-12-4-3-5-13(17-15)14(12)19(20)21/h3-9,16-17H,15H2,1-2H3. The van der Waals surface area contributed by atoms with E-state index in [1.54, 1.807) is 18.2 Å². The van der Waals surface area contributed by atoms with Gasteiger partial charge in [0.2, 0.25) is 0 Å². The summed E-state index contributed by atoms with van der Waals surface area (Å²) in [6.07, 6.45) is 0. The number of hydrogen-bond donors (Lipinski definition) is 3. The summed E-state index contributed by atoms with van der Waals surface area (Å²) in [5.74, 6) is 5.32. The first-order valence-corrected chi connectivity index (χ1v) is 6.31. The zero-order valence-corrected chi connectivity index (χ0v) is 11.8. The van der Waals surface area contributed by atoms with Gasteiger partial charge < -0.3 is 15.6 Å². The van der Waals surface area contributed by atoms with Crippen LogP contribution in [0.4, 0.5) is 28.4 Å². The molecule has 7 nitrogen and oxygen atoms in total. The van der Waals surface area contributed by atoms with Gasteiger partial charge in [-0.1, -0.05) is 6.07 Å². The van der Waals surface area contributed by atoms with Crippen molar-refractivity contribution in [2.45, 2.75) is 0 Å². The average Bonchev–Trinajstić information content (AvgIpc) is 2.47. The lowest BCUT2D eigenvalue weighted by Crippen LogP contribution is -2.10. The van der Waals surface area contributed by atoms with Crippen LogP contribution in [0.2, 0.25) is 0 Å². The third-order valence-electron chi connectivity index (χ3n) is 3.04. The van der Waals surface area contributed by atoms with Crippen LogP contribution in [0.25, 0.3) is 0 Å². The van der Waals surface area contributed by atoms with E-state index in [1.165, 1.54) is 0 Å². The predicted molar refractivity (Wildman–Crippen MR) is 85.0 cm³/mol. The molecule has 0 spiro atoms. The summed E-state index contributed by atoms with van der Waals surface area (Å²) >= 11 is 0. The molecule has 0 fully saturated rings. The van der Waals surface area contributed by atoms with Gasteiger partial charge in [-0.3, -0.25) is 16.0 Å². The van der Waals surface area contributed by atoms with E-state index in [9.17, 15) is 10.1 Å². The molecule has 0 heterocycles. The molecule has 0 aromatic heterocycles. The Hall–Kier alpha value is -2.80. The minimum Gasteiger partial charge on any atom is -0.378 e. The number of nitro groups is 1. The maximum absolute atomic E-state index is 11.2. The number of hydrogen-bond acceptors (Lipinski definition) is 6. The van der Waals surface area contributed by atoms with Crippen LogP contribution in [0.3, 0.4) is 0 Å². The molecule has 0 bridgehead atoms. The molecule has 21 heavy (non-hydrogen) atoms. The Morgan fingerprint density at radius 2 is 1.71 bits per heavy atom. The lowest BCUT2D eigenvalue weighted by atomic mass is 10.2. The van der Waals surface area contributed by atoms with Crippen molar-refractivity contribution in [2.24, 2.45) is 5.84 Å². The fourth-order valence-electron chi connectivity index (χ4n) is 1.96. The van der Waals surface area contributed by atoms with Gasteiger partial charge in [0.1, 0.15) is 11.4 Å². The molecule has 0 amide bonds. The van der Waals surface area contributed by atoms with Gasteiger partial charge in [0, 0.05) is 25.5 Å². The van der Waals surface area contributed by atoms with Crippen molar-refractivity contribution in [3.63, 3.8) is 0 Å². The first-order chi connectivity index (χ1) is 10.0. The van der Waals surface area contributed by atoms with Gasteiger partial charge in [-0.2, -0.15) is 0 Å². The van der Waals surface area contributed by atoms with Gasteiger partial charge in [-0.15, -0.1) is 0 Å². The minimum absolute atomic E-state index is 0.0864. The Morgan fingerprint density at radius 3 is 2.24 bits per heavy atom. The van der Waals surface area contributed by atoms with E-state index < -0.39 is 4.92 Å². The van der Waals surface area contributed by atoms with Gasteiger partial charge in [-0.05, 0) is 36.4 Å². The maximum atomic E-state index is 11.2. The average molecular weight is 287 g/mol. The SMILES string of the molecule is CN(C)c1ccc(Nc2cccc(NN)c2[N+](=O)[O-])cc1. The zero-order valence-electron chi connectivity index (χ0n) is 11.8. The number of nitrogens with two attached hydrogens (primary N) is 1. The molecule has 0 atom stereocenters. The molecule has 0 saturated carbocycles. The highest BCUT2D eigenvalue weighted by Crippen LogP contribution is 2.34. The van der Waals surface area contributed by atoms with Crippen LogP contribution in [-0.2, 0) is 0 Å². The van der Waals surface area contributed by atoms with Crippen LogP contribution >= 0.6 is 0 Å². The van der Waals surface area contributed by atoms with Crippen molar-refractivity contribution < 1.29 is 4.92 Å². The molecular formula is C14H17N5O2. The Bertz CT molecular complexity index is 640. The minimum atomic E-state index is -0.467. The van der Waals surface area contributed by atoms with Gasteiger partial charge in [-0.25, -0.2) is 0 Å². The molecule has 110 valence electrons. The highest BCUT2D eigenvalue weighted by atomic mass is 16.6.